The van der Waals surface area contributed by atoms with Gasteiger partial charge < -0.3 is 4.74 Å². The van der Waals surface area contributed by atoms with Crippen LogP contribution in [0.15, 0.2) is 18.2 Å². The summed E-state index contributed by atoms with van der Waals surface area (Å²) in [6.07, 6.45) is 0.148. The number of aryl methyl sites for hydroxylation is 1. The van der Waals surface area contributed by atoms with E-state index in [9.17, 15) is 9.59 Å². The number of aldehydes is 1. The van der Waals surface area contributed by atoms with E-state index < -0.39 is 11.7 Å². The van der Waals surface area contributed by atoms with E-state index in [1.54, 1.807) is 32.9 Å². The number of hydrogen-bond donors (Lipinski definition) is 1. The first-order chi connectivity index (χ1) is 7.83. The molecule has 0 saturated heterocycles. The lowest BCUT2D eigenvalue weighted by Gasteiger charge is -2.20. The van der Waals surface area contributed by atoms with Gasteiger partial charge in [0.2, 0.25) is 0 Å². The molecule has 0 fully saturated rings. The minimum atomic E-state index is -0.561. The third-order valence-corrected chi connectivity index (χ3v) is 2.06. The zero-order valence-electron chi connectivity index (χ0n) is 10.5. The van der Waals surface area contributed by atoms with Crippen molar-refractivity contribution >= 4 is 18.1 Å². The summed E-state index contributed by atoms with van der Waals surface area (Å²) in [5.74, 6) is 0. The zero-order chi connectivity index (χ0) is 13.1. The van der Waals surface area contributed by atoms with Gasteiger partial charge in [0.1, 0.15) is 5.60 Å². The summed E-state index contributed by atoms with van der Waals surface area (Å²) in [5.41, 5.74) is 1.20. The number of anilines is 1. The van der Waals surface area contributed by atoms with Crippen molar-refractivity contribution in [1.29, 1.82) is 0 Å². The van der Waals surface area contributed by atoms with E-state index in [1.165, 1.54) is 0 Å². The third-order valence-electron chi connectivity index (χ3n) is 2.06. The van der Waals surface area contributed by atoms with E-state index in [4.69, 9.17) is 4.74 Å². The van der Waals surface area contributed by atoms with Crippen molar-refractivity contribution in [2.45, 2.75) is 33.3 Å². The number of amides is 1. The molecule has 0 aromatic heterocycles. The number of para-hydroxylation sites is 1. The number of rotatable bonds is 2. The second-order valence-corrected chi connectivity index (χ2v) is 4.78. The van der Waals surface area contributed by atoms with Crippen LogP contribution in [0, 0.1) is 6.92 Å². The van der Waals surface area contributed by atoms with Gasteiger partial charge >= 0.3 is 6.09 Å². The van der Waals surface area contributed by atoms with Gasteiger partial charge in [0.15, 0.2) is 6.29 Å². The molecule has 0 aliphatic carbocycles. The molecule has 0 spiro atoms. The van der Waals surface area contributed by atoms with Gasteiger partial charge in [-0.3, -0.25) is 10.1 Å². The molecule has 1 N–H and O–H groups in total. The monoisotopic (exact) mass is 235 g/mol. The maximum absolute atomic E-state index is 11.6. The standard InChI is InChI=1S/C13H17NO3/c1-9-6-5-7-10(8-15)11(9)14-12(16)17-13(2,3)4/h5-8H,1-4H3,(H,14,16). The fourth-order valence-corrected chi connectivity index (χ4v) is 1.37. The van der Waals surface area contributed by atoms with Crippen molar-refractivity contribution in [2.24, 2.45) is 0 Å². The number of nitrogens with one attached hydrogen (secondary N) is 1. The van der Waals surface area contributed by atoms with Crippen LogP contribution in [0.1, 0.15) is 36.7 Å². The van der Waals surface area contributed by atoms with Gasteiger partial charge in [0.25, 0.3) is 0 Å². The van der Waals surface area contributed by atoms with Gasteiger partial charge in [0.05, 0.1) is 5.69 Å². The Bertz CT molecular complexity index is 433. The van der Waals surface area contributed by atoms with Crippen molar-refractivity contribution in [3.63, 3.8) is 0 Å². The Morgan fingerprint density at radius 3 is 2.53 bits per heavy atom. The predicted octanol–water partition coefficient (Wildman–Crippen LogP) is 3.15. The Labute approximate surface area is 101 Å². The molecule has 0 heterocycles. The van der Waals surface area contributed by atoms with Crippen LogP contribution in [0.4, 0.5) is 10.5 Å². The average Bonchev–Trinajstić information content (AvgIpc) is 2.18. The highest BCUT2D eigenvalue weighted by atomic mass is 16.6. The summed E-state index contributed by atoms with van der Waals surface area (Å²) in [7, 11) is 0. The summed E-state index contributed by atoms with van der Waals surface area (Å²) in [6.45, 7) is 7.17. The minimum Gasteiger partial charge on any atom is -0.444 e. The largest absolute Gasteiger partial charge is 0.444 e. The Hall–Kier alpha value is -1.84. The third kappa shape index (κ3) is 3.90. The molecule has 0 aliphatic rings. The minimum absolute atomic E-state index is 0.441. The van der Waals surface area contributed by atoms with Crippen LogP contribution in [0.5, 0.6) is 0 Å². The molecule has 92 valence electrons. The van der Waals surface area contributed by atoms with Crippen molar-refractivity contribution in [1.82, 2.24) is 0 Å². The summed E-state index contributed by atoms with van der Waals surface area (Å²) >= 11 is 0. The first-order valence-electron chi connectivity index (χ1n) is 5.38. The maximum atomic E-state index is 11.6. The lowest BCUT2D eigenvalue weighted by Crippen LogP contribution is -2.27. The molecule has 17 heavy (non-hydrogen) atoms. The van der Waals surface area contributed by atoms with Crippen molar-refractivity contribution < 1.29 is 14.3 Å². The molecule has 0 atom stereocenters. The van der Waals surface area contributed by atoms with Crippen LogP contribution in [0.2, 0.25) is 0 Å². The molecule has 1 aromatic rings. The Morgan fingerprint density at radius 1 is 1.35 bits per heavy atom. The van der Waals surface area contributed by atoms with E-state index >= 15 is 0 Å². The molecule has 0 aliphatic heterocycles. The van der Waals surface area contributed by atoms with Gasteiger partial charge in [-0.25, -0.2) is 4.79 Å². The summed E-state index contributed by atoms with van der Waals surface area (Å²) in [6, 6.07) is 5.23. The number of ether oxygens (including phenoxy) is 1. The SMILES string of the molecule is Cc1cccc(C=O)c1NC(=O)OC(C)(C)C. The highest BCUT2D eigenvalue weighted by Crippen LogP contribution is 2.20. The average molecular weight is 235 g/mol. The maximum Gasteiger partial charge on any atom is 0.412 e. The van der Waals surface area contributed by atoms with E-state index in [0.29, 0.717) is 17.5 Å². The van der Waals surface area contributed by atoms with E-state index in [2.05, 4.69) is 5.32 Å². The first kappa shape index (κ1) is 13.2. The molecule has 4 nitrogen and oxygen atoms in total. The van der Waals surface area contributed by atoms with Gasteiger partial charge in [0, 0.05) is 5.56 Å². The fraction of sp³-hybridized carbons (Fsp3) is 0.385. The fourth-order valence-electron chi connectivity index (χ4n) is 1.37. The Morgan fingerprint density at radius 2 is 2.00 bits per heavy atom. The molecule has 0 unspecified atom stereocenters. The number of carbonyl (C=O) groups excluding carboxylic acids is 2. The molecular weight excluding hydrogens is 218 g/mol. The normalized spacial score (nSPS) is 10.8. The smallest absolute Gasteiger partial charge is 0.412 e. The first-order valence-corrected chi connectivity index (χ1v) is 5.38. The van der Waals surface area contributed by atoms with Crippen LogP contribution in [-0.2, 0) is 4.74 Å². The molecule has 1 rings (SSSR count). The lowest BCUT2D eigenvalue weighted by molar-refractivity contribution is 0.0636. The molecule has 0 radical (unpaired) electrons. The summed E-state index contributed by atoms with van der Waals surface area (Å²) in [4.78, 5) is 22.5. The zero-order valence-corrected chi connectivity index (χ0v) is 10.5. The highest BCUT2D eigenvalue weighted by Gasteiger charge is 2.17. The quantitative estimate of drug-likeness (QED) is 0.801. The topological polar surface area (TPSA) is 55.4 Å². The van der Waals surface area contributed by atoms with Crippen molar-refractivity contribution in [3.05, 3.63) is 29.3 Å². The summed E-state index contributed by atoms with van der Waals surface area (Å²) in [5, 5.41) is 2.59. The molecule has 4 heteroatoms. The van der Waals surface area contributed by atoms with Crippen LogP contribution >= 0.6 is 0 Å². The summed E-state index contributed by atoms with van der Waals surface area (Å²) < 4.78 is 5.13. The van der Waals surface area contributed by atoms with Gasteiger partial charge in [-0.05, 0) is 39.3 Å². The second kappa shape index (κ2) is 4.99. The second-order valence-electron chi connectivity index (χ2n) is 4.78. The van der Waals surface area contributed by atoms with E-state index in [1.807, 2.05) is 13.0 Å². The number of benzene rings is 1. The van der Waals surface area contributed by atoms with E-state index in [-0.39, 0.29) is 0 Å². The van der Waals surface area contributed by atoms with Crippen LogP contribution < -0.4 is 5.32 Å². The van der Waals surface area contributed by atoms with Crippen LogP contribution in [-0.4, -0.2) is 18.0 Å². The lowest BCUT2D eigenvalue weighted by atomic mass is 10.1. The van der Waals surface area contributed by atoms with E-state index in [0.717, 1.165) is 5.56 Å². The Balaban J connectivity index is 2.88. The van der Waals surface area contributed by atoms with Crippen molar-refractivity contribution in [2.75, 3.05) is 5.32 Å². The van der Waals surface area contributed by atoms with Gasteiger partial charge in [-0.2, -0.15) is 0 Å². The highest BCUT2D eigenvalue weighted by molar-refractivity contribution is 5.94. The molecule has 1 amide bonds. The predicted molar refractivity (Wildman–Crippen MR) is 66.4 cm³/mol. The molecule has 0 saturated carbocycles. The van der Waals surface area contributed by atoms with Gasteiger partial charge in [-0.1, -0.05) is 12.1 Å². The Kier molecular flexibility index (Phi) is 3.89. The molecular formula is C13H17NO3. The molecule has 1 aromatic carbocycles. The van der Waals surface area contributed by atoms with Crippen LogP contribution in [0.3, 0.4) is 0 Å². The van der Waals surface area contributed by atoms with Crippen molar-refractivity contribution in [3.8, 4) is 0 Å². The number of carbonyl (C=O) groups is 2. The van der Waals surface area contributed by atoms with Crippen LogP contribution in [0.25, 0.3) is 0 Å². The van der Waals surface area contributed by atoms with Gasteiger partial charge in [-0.15, -0.1) is 0 Å². The molecule has 0 bridgehead atoms. The number of hydrogen-bond acceptors (Lipinski definition) is 3.